The number of aryl methyl sites for hydroxylation is 1. The van der Waals surface area contributed by atoms with Gasteiger partial charge in [-0.3, -0.25) is 14.6 Å². The Bertz CT molecular complexity index is 602. The van der Waals surface area contributed by atoms with Gasteiger partial charge in [-0.2, -0.15) is 0 Å². The Balaban J connectivity index is 1.76. The summed E-state index contributed by atoms with van der Waals surface area (Å²) in [4.78, 5) is 30.3. The minimum atomic E-state index is -0.469. The van der Waals surface area contributed by atoms with Crippen LogP contribution in [0.5, 0.6) is 0 Å². The fraction of sp³-hybridized carbons (Fsp3) is 0.529. The van der Waals surface area contributed by atoms with Crippen molar-refractivity contribution >= 4 is 17.6 Å². The molecule has 2 aliphatic rings. The minimum Gasteiger partial charge on any atom is -0.376 e. The first kappa shape index (κ1) is 16.0. The third-order valence-corrected chi connectivity index (χ3v) is 4.43. The molecule has 23 heavy (non-hydrogen) atoms. The second-order valence-electron chi connectivity index (χ2n) is 6.33. The molecule has 0 N–H and O–H groups in total. The SMILES string of the molecule is Cc1ccc(N2C(=O)N(CN3CCO[C@H](C)C3)C(=O)[C@@H]2C)cc1. The highest BCUT2D eigenvalue weighted by molar-refractivity contribution is 6.14. The first-order valence-corrected chi connectivity index (χ1v) is 8.02. The van der Waals surface area contributed by atoms with Crippen LogP contribution in [0.3, 0.4) is 0 Å². The van der Waals surface area contributed by atoms with E-state index in [-0.39, 0.29) is 18.0 Å². The lowest BCUT2D eigenvalue weighted by Crippen LogP contribution is -2.48. The molecule has 1 aromatic carbocycles. The molecule has 3 rings (SSSR count). The van der Waals surface area contributed by atoms with Crippen molar-refractivity contribution in [3.05, 3.63) is 29.8 Å². The molecule has 0 spiro atoms. The molecule has 3 amide bonds. The smallest absolute Gasteiger partial charge is 0.333 e. The lowest BCUT2D eigenvalue weighted by molar-refractivity contribution is -0.129. The van der Waals surface area contributed by atoms with Crippen LogP contribution in [0.4, 0.5) is 10.5 Å². The number of anilines is 1. The van der Waals surface area contributed by atoms with Crippen molar-refractivity contribution in [1.29, 1.82) is 0 Å². The van der Waals surface area contributed by atoms with Crippen molar-refractivity contribution in [3.63, 3.8) is 0 Å². The number of imide groups is 1. The maximum atomic E-state index is 12.7. The molecule has 2 fully saturated rings. The standard InChI is InChI=1S/C17H23N3O3/c1-12-4-6-15(7-5-12)20-14(3)16(21)19(17(20)22)11-18-8-9-23-13(2)10-18/h4-7,13-14H,8-11H2,1-3H3/t13-,14+/m1/s1. The fourth-order valence-electron chi connectivity index (χ4n) is 3.11. The van der Waals surface area contributed by atoms with E-state index < -0.39 is 6.04 Å². The van der Waals surface area contributed by atoms with E-state index in [1.807, 2.05) is 38.1 Å². The maximum Gasteiger partial charge on any atom is 0.333 e. The van der Waals surface area contributed by atoms with E-state index in [2.05, 4.69) is 4.90 Å². The van der Waals surface area contributed by atoms with E-state index in [1.54, 1.807) is 11.8 Å². The molecule has 2 saturated heterocycles. The Hall–Kier alpha value is -1.92. The number of amides is 3. The lowest BCUT2D eigenvalue weighted by atomic mass is 10.2. The number of morpholine rings is 1. The van der Waals surface area contributed by atoms with Crippen LogP contribution < -0.4 is 4.90 Å². The van der Waals surface area contributed by atoms with Crippen LogP contribution in [-0.4, -0.2) is 60.2 Å². The molecule has 0 aliphatic carbocycles. The number of carbonyl (C=O) groups is 2. The van der Waals surface area contributed by atoms with Crippen molar-refractivity contribution in [3.8, 4) is 0 Å². The number of hydrogen-bond donors (Lipinski definition) is 0. The summed E-state index contributed by atoms with van der Waals surface area (Å²) in [7, 11) is 0. The molecular weight excluding hydrogens is 294 g/mol. The number of benzene rings is 1. The van der Waals surface area contributed by atoms with Crippen molar-refractivity contribution in [1.82, 2.24) is 9.80 Å². The van der Waals surface area contributed by atoms with Gasteiger partial charge in [0.25, 0.3) is 5.91 Å². The van der Waals surface area contributed by atoms with Gasteiger partial charge in [0, 0.05) is 18.8 Å². The second kappa shape index (κ2) is 6.29. The van der Waals surface area contributed by atoms with Crippen LogP contribution in [0, 0.1) is 6.92 Å². The molecule has 0 unspecified atom stereocenters. The first-order valence-electron chi connectivity index (χ1n) is 8.02. The van der Waals surface area contributed by atoms with E-state index in [1.165, 1.54) is 4.90 Å². The summed E-state index contributed by atoms with van der Waals surface area (Å²) in [5, 5.41) is 0. The highest BCUT2D eigenvalue weighted by atomic mass is 16.5. The lowest BCUT2D eigenvalue weighted by Gasteiger charge is -2.33. The zero-order valence-electron chi connectivity index (χ0n) is 13.9. The van der Waals surface area contributed by atoms with Crippen LogP contribution in [0.2, 0.25) is 0 Å². The molecule has 0 saturated carbocycles. The predicted molar refractivity (Wildman–Crippen MR) is 87.2 cm³/mol. The summed E-state index contributed by atoms with van der Waals surface area (Å²) in [6.07, 6.45) is 0.127. The molecule has 6 nitrogen and oxygen atoms in total. The molecule has 1 aromatic rings. The van der Waals surface area contributed by atoms with Gasteiger partial charge in [-0.05, 0) is 32.9 Å². The van der Waals surface area contributed by atoms with Gasteiger partial charge < -0.3 is 4.74 Å². The van der Waals surface area contributed by atoms with Gasteiger partial charge in [-0.25, -0.2) is 9.69 Å². The van der Waals surface area contributed by atoms with Gasteiger partial charge in [-0.1, -0.05) is 17.7 Å². The zero-order chi connectivity index (χ0) is 16.6. The van der Waals surface area contributed by atoms with Gasteiger partial charge in [0.2, 0.25) is 0 Å². The molecule has 6 heteroatoms. The van der Waals surface area contributed by atoms with E-state index in [4.69, 9.17) is 4.74 Å². The van der Waals surface area contributed by atoms with Crippen molar-refractivity contribution in [2.75, 3.05) is 31.3 Å². The summed E-state index contributed by atoms with van der Waals surface area (Å²) < 4.78 is 5.51. The zero-order valence-corrected chi connectivity index (χ0v) is 13.9. The van der Waals surface area contributed by atoms with Crippen LogP contribution >= 0.6 is 0 Å². The monoisotopic (exact) mass is 317 g/mol. The van der Waals surface area contributed by atoms with Crippen LogP contribution in [0.1, 0.15) is 19.4 Å². The summed E-state index contributed by atoms with van der Waals surface area (Å²) >= 11 is 0. The number of rotatable bonds is 3. The Labute approximate surface area is 136 Å². The first-order chi connectivity index (χ1) is 11.0. The topological polar surface area (TPSA) is 53.1 Å². The normalized spacial score (nSPS) is 26.2. The van der Waals surface area contributed by atoms with Gasteiger partial charge in [0.1, 0.15) is 6.04 Å². The molecule has 124 valence electrons. The largest absolute Gasteiger partial charge is 0.376 e. The highest BCUT2D eigenvalue weighted by Crippen LogP contribution is 2.26. The fourth-order valence-corrected chi connectivity index (χ4v) is 3.11. The number of urea groups is 1. The average molecular weight is 317 g/mol. The van der Waals surface area contributed by atoms with E-state index in [0.29, 0.717) is 13.3 Å². The molecule has 2 heterocycles. The molecule has 2 aliphatic heterocycles. The third-order valence-electron chi connectivity index (χ3n) is 4.43. The number of hydrogen-bond acceptors (Lipinski definition) is 4. The van der Waals surface area contributed by atoms with Gasteiger partial charge >= 0.3 is 6.03 Å². The molecule has 2 atom stereocenters. The second-order valence-corrected chi connectivity index (χ2v) is 6.33. The number of ether oxygens (including phenoxy) is 1. The highest BCUT2D eigenvalue weighted by Gasteiger charge is 2.44. The minimum absolute atomic E-state index is 0.127. The van der Waals surface area contributed by atoms with Gasteiger partial charge in [0.15, 0.2) is 0 Å². The van der Waals surface area contributed by atoms with Crippen LogP contribution in [-0.2, 0) is 9.53 Å². The van der Waals surface area contributed by atoms with Crippen molar-refractivity contribution in [2.24, 2.45) is 0 Å². The Kier molecular flexibility index (Phi) is 4.37. The van der Waals surface area contributed by atoms with Crippen molar-refractivity contribution in [2.45, 2.75) is 32.9 Å². The Morgan fingerprint density at radius 2 is 1.87 bits per heavy atom. The van der Waals surface area contributed by atoms with E-state index >= 15 is 0 Å². The molecular formula is C17H23N3O3. The van der Waals surface area contributed by atoms with Gasteiger partial charge in [-0.15, -0.1) is 0 Å². The average Bonchev–Trinajstić information content (AvgIpc) is 2.73. The van der Waals surface area contributed by atoms with Crippen LogP contribution in [0.15, 0.2) is 24.3 Å². The Morgan fingerprint density at radius 1 is 1.17 bits per heavy atom. The summed E-state index contributed by atoms with van der Waals surface area (Å²) in [5.74, 6) is -0.144. The van der Waals surface area contributed by atoms with E-state index in [9.17, 15) is 9.59 Å². The summed E-state index contributed by atoms with van der Waals surface area (Å²) in [6, 6.07) is 6.96. The predicted octanol–water partition coefficient (Wildman–Crippen LogP) is 1.83. The quantitative estimate of drug-likeness (QED) is 0.798. The van der Waals surface area contributed by atoms with Gasteiger partial charge in [0.05, 0.1) is 19.4 Å². The maximum absolute atomic E-state index is 12.7. The van der Waals surface area contributed by atoms with Crippen LogP contribution in [0.25, 0.3) is 0 Å². The summed E-state index contributed by atoms with van der Waals surface area (Å²) in [6.45, 7) is 8.21. The number of nitrogens with zero attached hydrogens (tertiary/aromatic N) is 3. The number of carbonyl (C=O) groups excluding carboxylic acids is 2. The third kappa shape index (κ3) is 3.09. The molecule has 0 aromatic heterocycles. The van der Waals surface area contributed by atoms with E-state index in [0.717, 1.165) is 24.3 Å². The molecule has 0 bridgehead atoms. The summed E-state index contributed by atoms with van der Waals surface area (Å²) in [5.41, 5.74) is 1.89. The molecule has 0 radical (unpaired) electrons. The Morgan fingerprint density at radius 3 is 2.52 bits per heavy atom. The van der Waals surface area contributed by atoms with Crippen molar-refractivity contribution < 1.29 is 14.3 Å².